The van der Waals surface area contributed by atoms with Crippen LogP contribution in [0.4, 0.5) is 5.69 Å². The topological polar surface area (TPSA) is 52.1 Å². The zero-order valence-electron chi connectivity index (χ0n) is 11.1. The highest BCUT2D eigenvalue weighted by Gasteiger charge is 2.26. The van der Waals surface area contributed by atoms with E-state index in [1.807, 2.05) is 20.8 Å². The number of nitrogens with zero attached hydrogens (tertiary/aromatic N) is 4. The molecule has 96 valence electrons. The molecule has 0 spiro atoms. The van der Waals surface area contributed by atoms with E-state index in [0.29, 0.717) is 16.9 Å². The predicted octanol–water partition coefficient (Wildman–Crippen LogP) is 3.05. The van der Waals surface area contributed by atoms with Crippen molar-refractivity contribution in [3.05, 3.63) is 47.6 Å². The average Bonchev–Trinajstić information content (AvgIpc) is 2.89. The molecule has 2 rings (SSSR count). The number of aromatic nitrogens is 3. The molecule has 0 atom stereocenters. The number of carbonyl (C=O) groups excluding carboxylic acids is 1. The van der Waals surface area contributed by atoms with Crippen LogP contribution in [0.3, 0.4) is 0 Å². The van der Waals surface area contributed by atoms with Crippen molar-refractivity contribution >= 4 is 11.5 Å². The third-order valence-corrected chi connectivity index (χ3v) is 2.67. The molecule has 0 unspecified atom stereocenters. The summed E-state index contributed by atoms with van der Waals surface area (Å²) in [6, 6.07) is 4.94. The average molecular weight is 254 g/mol. The maximum Gasteiger partial charge on any atom is 0.189 e. The number of benzene rings is 1. The summed E-state index contributed by atoms with van der Waals surface area (Å²) in [7, 11) is 0. The highest BCUT2D eigenvalue weighted by Crippen LogP contribution is 2.27. The highest BCUT2D eigenvalue weighted by atomic mass is 16.1. The van der Waals surface area contributed by atoms with Crippen LogP contribution in [0.15, 0.2) is 30.6 Å². The Morgan fingerprint density at radius 2 is 1.89 bits per heavy atom. The van der Waals surface area contributed by atoms with Gasteiger partial charge in [-0.2, -0.15) is 15.0 Å². The van der Waals surface area contributed by atoms with Crippen molar-refractivity contribution in [2.45, 2.75) is 20.8 Å². The zero-order chi connectivity index (χ0) is 14.0. The third kappa shape index (κ3) is 2.52. The fraction of sp³-hybridized carbons (Fsp3) is 0.286. The molecule has 1 aromatic carbocycles. The number of ketones is 1. The molecule has 0 saturated heterocycles. The lowest BCUT2D eigenvalue weighted by Gasteiger charge is -2.18. The normalized spacial score (nSPS) is 11.1. The first-order valence-electron chi connectivity index (χ1n) is 5.86. The summed E-state index contributed by atoms with van der Waals surface area (Å²) in [6.07, 6.45) is 3.08. The van der Waals surface area contributed by atoms with Gasteiger partial charge < -0.3 is 0 Å². The molecule has 0 amide bonds. The fourth-order valence-electron chi connectivity index (χ4n) is 1.69. The lowest BCUT2D eigenvalue weighted by molar-refractivity contribution is 0.0858. The molecule has 0 aliphatic carbocycles. The van der Waals surface area contributed by atoms with Crippen LogP contribution in [0.2, 0.25) is 0 Å². The molecule has 2 aromatic rings. The second-order valence-corrected chi connectivity index (χ2v) is 5.21. The Hall–Kier alpha value is -2.48. The first-order valence-corrected chi connectivity index (χ1v) is 5.86. The Balaban J connectivity index is 2.62. The van der Waals surface area contributed by atoms with E-state index >= 15 is 0 Å². The summed E-state index contributed by atoms with van der Waals surface area (Å²) in [6.45, 7) is 12.6. The van der Waals surface area contributed by atoms with Gasteiger partial charge in [-0.15, -0.1) is 0 Å². The Bertz CT molecular complexity index is 645. The monoisotopic (exact) mass is 254 g/mol. The van der Waals surface area contributed by atoms with Crippen LogP contribution in [0.5, 0.6) is 0 Å². The van der Waals surface area contributed by atoms with Crippen molar-refractivity contribution < 1.29 is 4.79 Å². The summed E-state index contributed by atoms with van der Waals surface area (Å²) >= 11 is 0. The van der Waals surface area contributed by atoms with Crippen LogP contribution in [0.1, 0.15) is 31.1 Å². The molecule has 0 bridgehead atoms. The zero-order valence-corrected chi connectivity index (χ0v) is 11.1. The molecule has 0 radical (unpaired) electrons. The van der Waals surface area contributed by atoms with E-state index in [4.69, 9.17) is 6.57 Å². The van der Waals surface area contributed by atoms with Crippen LogP contribution >= 0.6 is 0 Å². The van der Waals surface area contributed by atoms with Gasteiger partial charge in [-0.1, -0.05) is 32.9 Å². The van der Waals surface area contributed by atoms with Crippen molar-refractivity contribution in [2.24, 2.45) is 5.41 Å². The Morgan fingerprint density at radius 3 is 2.42 bits per heavy atom. The van der Waals surface area contributed by atoms with Crippen molar-refractivity contribution in [3.63, 3.8) is 0 Å². The second kappa shape index (κ2) is 4.65. The summed E-state index contributed by atoms with van der Waals surface area (Å²) in [4.78, 5) is 17.2. The fourth-order valence-corrected chi connectivity index (χ4v) is 1.69. The van der Waals surface area contributed by atoms with Crippen molar-refractivity contribution in [1.29, 1.82) is 0 Å². The summed E-state index contributed by atoms with van der Waals surface area (Å²) in [5.74, 6) is -0.00340. The molecular weight excluding hydrogens is 240 g/mol. The molecule has 0 saturated carbocycles. The maximum atomic E-state index is 12.4. The van der Waals surface area contributed by atoms with Gasteiger partial charge in [0.05, 0.1) is 24.7 Å². The highest BCUT2D eigenvalue weighted by molar-refractivity contribution is 6.03. The van der Waals surface area contributed by atoms with E-state index in [0.717, 1.165) is 0 Å². The van der Waals surface area contributed by atoms with Crippen LogP contribution in [-0.4, -0.2) is 20.8 Å². The molecule has 0 fully saturated rings. The molecule has 19 heavy (non-hydrogen) atoms. The number of hydrogen-bond donors (Lipinski definition) is 0. The molecule has 1 heterocycles. The van der Waals surface area contributed by atoms with Gasteiger partial charge in [0.2, 0.25) is 0 Å². The molecule has 0 aliphatic heterocycles. The number of carbonyl (C=O) groups is 1. The van der Waals surface area contributed by atoms with E-state index < -0.39 is 5.41 Å². The number of Topliss-reactive ketones (excluding diaryl/α,β-unsaturated/α-hetero) is 1. The van der Waals surface area contributed by atoms with Gasteiger partial charge in [0.25, 0.3) is 0 Å². The Morgan fingerprint density at radius 1 is 1.26 bits per heavy atom. The summed E-state index contributed by atoms with van der Waals surface area (Å²) in [5.41, 5.74) is 1.02. The first kappa shape index (κ1) is 13.0. The lowest BCUT2D eigenvalue weighted by atomic mass is 9.86. The van der Waals surface area contributed by atoms with Gasteiger partial charge in [0, 0.05) is 11.0 Å². The van der Waals surface area contributed by atoms with Crippen molar-refractivity contribution in [3.8, 4) is 5.69 Å². The van der Waals surface area contributed by atoms with Crippen LogP contribution in [-0.2, 0) is 0 Å². The van der Waals surface area contributed by atoms with E-state index in [2.05, 4.69) is 15.0 Å². The van der Waals surface area contributed by atoms with E-state index in [1.54, 1.807) is 18.2 Å². The van der Waals surface area contributed by atoms with Crippen LogP contribution in [0.25, 0.3) is 10.5 Å². The minimum Gasteiger partial charge on any atom is -0.294 e. The summed E-state index contributed by atoms with van der Waals surface area (Å²) in [5, 5.41) is 8.07. The van der Waals surface area contributed by atoms with Crippen LogP contribution in [0, 0.1) is 12.0 Å². The van der Waals surface area contributed by atoms with Gasteiger partial charge in [-0.05, 0) is 6.07 Å². The lowest BCUT2D eigenvalue weighted by Crippen LogP contribution is -2.22. The number of hydrogen-bond acceptors (Lipinski definition) is 3. The third-order valence-electron chi connectivity index (χ3n) is 2.67. The van der Waals surface area contributed by atoms with Crippen molar-refractivity contribution in [1.82, 2.24) is 15.0 Å². The Kier molecular flexibility index (Phi) is 3.17. The molecule has 5 nitrogen and oxygen atoms in total. The SMILES string of the molecule is [C-]#[N+]c1ccc(C(=O)C(C)(C)C)c(-n2nccn2)c1. The van der Waals surface area contributed by atoms with E-state index in [-0.39, 0.29) is 5.78 Å². The molecule has 5 heteroatoms. The van der Waals surface area contributed by atoms with Crippen molar-refractivity contribution in [2.75, 3.05) is 0 Å². The smallest absolute Gasteiger partial charge is 0.189 e. The minimum atomic E-state index is -0.498. The standard InChI is InChI=1S/C14H14N4O/c1-14(2,3)13(19)11-6-5-10(15-4)9-12(11)18-16-7-8-17-18/h5-9H,1-3H3. The van der Waals surface area contributed by atoms with Crippen LogP contribution < -0.4 is 0 Å². The summed E-state index contributed by atoms with van der Waals surface area (Å²) < 4.78 is 0. The van der Waals surface area contributed by atoms with E-state index in [9.17, 15) is 4.79 Å². The molecule has 0 aliphatic rings. The maximum absolute atomic E-state index is 12.4. The van der Waals surface area contributed by atoms with Gasteiger partial charge in [0.1, 0.15) is 0 Å². The number of rotatable bonds is 2. The minimum absolute atomic E-state index is 0.00340. The second-order valence-electron chi connectivity index (χ2n) is 5.21. The molecular formula is C14H14N4O. The molecule has 0 N–H and O–H groups in total. The Labute approximate surface area is 111 Å². The van der Waals surface area contributed by atoms with Gasteiger partial charge in [-0.3, -0.25) is 4.79 Å². The largest absolute Gasteiger partial charge is 0.294 e. The first-order chi connectivity index (χ1) is 8.93. The van der Waals surface area contributed by atoms with E-state index in [1.165, 1.54) is 17.2 Å². The van der Waals surface area contributed by atoms with Gasteiger partial charge in [-0.25, -0.2) is 4.85 Å². The quantitative estimate of drug-likeness (QED) is 0.611. The van der Waals surface area contributed by atoms with Gasteiger partial charge >= 0.3 is 0 Å². The predicted molar refractivity (Wildman–Crippen MR) is 71.4 cm³/mol. The molecule has 1 aromatic heterocycles. The van der Waals surface area contributed by atoms with Gasteiger partial charge in [0.15, 0.2) is 11.5 Å².